The molecule has 0 saturated carbocycles. The van der Waals surface area contributed by atoms with Gasteiger partial charge in [-0.15, -0.1) is 11.3 Å². The molecule has 8 heteroatoms. The Morgan fingerprint density at radius 1 is 1.08 bits per heavy atom. The maximum atomic E-state index is 12.9. The van der Waals surface area contributed by atoms with Crippen molar-refractivity contribution in [2.24, 2.45) is 4.99 Å². The molecule has 0 aliphatic carbocycles. The van der Waals surface area contributed by atoms with Gasteiger partial charge in [0.2, 0.25) is 5.90 Å². The lowest BCUT2D eigenvalue weighted by Crippen LogP contribution is -2.08. The van der Waals surface area contributed by atoms with Crippen LogP contribution < -0.4 is 9.47 Å². The fourth-order valence-electron chi connectivity index (χ4n) is 3.73. The molecule has 0 atom stereocenters. The first kappa shape index (κ1) is 23.8. The third-order valence-corrected chi connectivity index (χ3v) is 7.03. The Morgan fingerprint density at radius 2 is 1.92 bits per heavy atom. The number of rotatable bonds is 6. The van der Waals surface area contributed by atoms with Gasteiger partial charge in [0.15, 0.2) is 17.2 Å². The van der Waals surface area contributed by atoms with Gasteiger partial charge in [-0.05, 0) is 55.8 Å². The molecular weight excluding hydrogens is 498 g/mol. The Hall–Kier alpha value is -3.94. The molecule has 4 aromatic rings. The van der Waals surface area contributed by atoms with Crippen molar-refractivity contribution >= 4 is 56.9 Å². The molecule has 2 heterocycles. The number of halogens is 1. The van der Waals surface area contributed by atoms with Crippen LogP contribution in [-0.2, 0) is 9.53 Å². The fourth-order valence-corrected chi connectivity index (χ4v) is 5.11. The Balaban J connectivity index is 1.42. The molecule has 0 bridgehead atoms. The highest BCUT2D eigenvalue weighted by atomic mass is 35.5. The van der Waals surface area contributed by atoms with Crippen LogP contribution in [0.1, 0.15) is 33.3 Å². The SMILES string of the molecule is CCOc1cc(/C=C2/N=C(c3cccc(C)c3)OC2=O)ccc1OC(=O)c1sc2ccccc2c1Cl. The van der Waals surface area contributed by atoms with Gasteiger partial charge in [0.25, 0.3) is 0 Å². The Bertz CT molecular complexity index is 1570. The quantitative estimate of drug-likeness (QED) is 0.159. The summed E-state index contributed by atoms with van der Waals surface area (Å²) in [5, 5.41) is 1.17. The highest BCUT2D eigenvalue weighted by molar-refractivity contribution is 7.21. The number of cyclic esters (lactones) is 1. The van der Waals surface area contributed by atoms with Gasteiger partial charge >= 0.3 is 11.9 Å². The third-order valence-electron chi connectivity index (χ3n) is 5.38. The molecule has 6 nitrogen and oxygen atoms in total. The first-order chi connectivity index (χ1) is 17.4. The third kappa shape index (κ3) is 4.76. The number of nitrogens with zero attached hydrogens (tertiary/aromatic N) is 1. The second-order valence-electron chi connectivity index (χ2n) is 7.98. The molecule has 0 saturated heterocycles. The van der Waals surface area contributed by atoms with E-state index in [1.807, 2.05) is 62.4 Å². The molecule has 180 valence electrons. The summed E-state index contributed by atoms with van der Waals surface area (Å²) in [4.78, 5) is 30.0. The smallest absolute Gasteiger partial charge is 0.363 e. The van der Waals surface area contributed by atoms with E-state index in [0.29, 0.717) is 27.8 Å². The van der Waals surface area contributed by atoms with E-state index in [9.17, 15) is 9.59 Å². The van der Waals surface area contributed by atoms with Crippen LogP contribution in [0.25, 0.3) is 16.2 Å². The van der Waals surface area contributed by atoms with E-state index in [1.165, 1.54) is 11.3 Å². The summed E-state index contributed by atoms with van der Waals surface area (Å²) in [5.41, 5.74) is 2.56. The molecule has 36 heavy (non-hydrogen) atoms. The van der Waals surface area contributed by atoms with Gasteiger partial charge in [-0.3, -0.25) is 0 Å². The van der Waals surface area contributed by atoms with E-state index in [2.05, 4.69) is 4.99 Å². The van der Waals surface area contributed by atoms with Gasteiger partial charge in [-0.1, -0.05) is 53.6 Å². The highest BCUT2D eigenvalue weighted by Crippen LogP contribution is 2.37. The second kappa shape index (κ2) is 9.97. The number of aliphatic imine (C=N–C) groups is 1. The standard InChI is InChI=1S/C28H20ClNO5S/c1-3-33-22-15-17(14-20-27(31)35-26(30-20)18-8-6-7-16(2)13-18)11-12-21(22)34-28(32)25-24(29)19-9-4-5-10-23(19)36-25/h4-15H,3H2,1-2H3/b20-14+. The van der Waals surface area contributed by atoms with Crippen molar-refractivity contribution < 1.29 is 23.8 Å². The first-order valence-electron chi connectivity index (χ1n) is 11.2. The zero-order valence-corrected chi connectivity index (χ0v) is 21.0. The summed E-state index contributed by atoms with van der Waals surface area (Å²) < 4.78 is 17.6. The Labute approximate surface area is 216 Å². The summed E-state index contributed by atoms with van der Waals surface area (Å²) in [5.74, 6) is -0.257. The van der Waals surface area contributed by atoms with Gasteiger partial charge in [-0.25, -0.2) is 14.6 Å². The monoisotopic (exact) mass is 517 g/mol. The summed E-state index contributed by atoms with van der Waals surface area (Å²) in [7, 11) is 0. The van der Waals surface area contributed by atoms with Crippen LogP contribution in [0.15, 0.2) is 77.4 Å². The Kier molecular flexibility index (Phi) is 6.59. The van der Waals surface area contributed by atoms with E-state index in [0.717, 1.165) is 21.2 Å². The lowest BCUT2D eigenvalue weighted by atomic mass is 10.1. The van der Waals surface area contributed by atoms with Gasteiger partial charge in [0, 0.05) is 15.6 Å². The minimum atomic E-state index is -0.569. The van der Waals surface area contributed by atoms with Crippen molar-refractivity contribution in [3.05, 3.63) is 99.0 Å². The first-order valence-corrected chi connectivity index (χ1v) is 12.4. The van der Waals surface area contributed by atoms with E-state index in [-0.39, 0.29) is 17.3 Å². The summed E-state index contributed by atoms with van der Waals surface area (Å²) in [6.07, 6.45) is 1.60. The average Bonchev–Trinajstić information content (AvgIpc) is 3.40. The minimum absolute atomic E-state index is 0.163. The number of hydrogen-bond donors (Lipinski definition) is 0. The summed E-state index contributed by atoms with van der Waals surface area (Å²) in [6.45, 7) is 4.13. The molecule has 0 N–H and O–H groups in total. The van der Waals surface area contributed by atoms with Crippen LogP contribution in [0.3, 0.4) is 0 Å². The predicted octanol–water partition coefficient (Wildman–Crippen LogP) is 6.83. The normalized spacial score (nSPS) is 14.1. The summed E-state index contributed by atoms with van der Waals surface area (Å²) in [6, 6.07) is 20.1. The molecule has 0 fully saturated rings. The number of thiophene rings is 1. The van der Waals surface area contributed by atoms with E-state index in [4.69, 9.17) is 25.8 Å². The van der Waals surface area contributed by atoms with E-state index >= 15 is 0 Å². The van der Waals surface area contributed by atoms with Crippen LogP contribution in [0.2, 0.25) is 5.02 Å². The maximum absolute atomic E-state index is 12.9. The zero-order chi connectivity index (χ0) is 25.2. The van der Waals surface area contributed by atoms with Crippen LogP contribution >= 0.6 is 22.9 Å². The number of carbonyl (C=O) groups excluding carboxylic acids is 2. The zero-order valence-electron chi connectivity index (χ0n) is 19.4. The molecule has 5 rings (SSSR count). The van der Waals surface area contributed by atoms with Gasteiger partial charge in [-0.2, -0.15) is 0 Å². The van der Waals surface area contributed by atoms with Crippen molar-refractivity contribution in [2.45, 2.75) is 13.8 Å². The van der Waals surface area contributed by atoms with Gasteiger partial charge in [0.1, 0.15) is 4.88 Å². The molecule has 1 aliphatic rings. The van der Waals surface area contributed by atoms with Crippen LogP contribution in [0.4, 0.5) is 0 Å². The van der Waals surface area contributed by atoms with Crippen molar-refractivity contribution in [3.63, 3.8) is 0 Å². The predicted molar refractivity (Wildman–Crippen MR) is 141 cm³/mol. The van der Waals surface area contributed by atoms with E-state index < -0.39 is 11.9 Å². The van der Waals surface area contributed by atoms with Crippen molar-refractivity contribution in [2.75, 3.05) is 6.61 Å². The Morgan fingerprint density at radius 3 is 2.69 bits per heavy atom. The molecule has 0 amide bonds. The molecule has 1 aromatic heterocycles. The number of hydrogen-bond acceptors (Lipinski definition) is 7. The lowest BCUT2D eigenvalue weighted by Gasteiger charge is -2.11. The number of carbonyl (C=O) groups is 2. The second-order valence-corrected chi connectivity index (χ2v) is 9.41. The number of esters is 2. The highest BCUT2D eigenvalue weighted by Gasteiger charge is 2.25. The van der Waals surface area contributed by atoms with E-state index in [1.54, 1.807) is 24.3 Å². The van der Waals surface area contributed by atoms with Crippen LogP contribution in [-0.4, -0.2) is 24.4 Å². The molecule has 0 unspecified atom stereocenters. The molecule has 1 aliphatic heterocycles. The van der Waals surface area contributed by atoms with Gasteiger partial charge < -0.3 is 14.2 Å². The number of aryl methyl sites for hydroxylation is 1. The number of ether oxygens (including phenoxy) is 3. The number of benzene rings is 3. The molecule has 3 aromatic carbocycles. The van der Waals surface area contributed by atoms with Crippen molar-refractivity contribution in [1.29, 1.82) is 0 Å². The molecule has 0 radical (unpaired) electrons. The largest absolute Gasteiger partial charge is 0.490 e. The van der Waals surface area contributed by atoms with Gasteiger partial charge in [0.05, 0.1) is 11.6 Å². The van der Waals surface area contributed by atoms with Crippen LogP contribution in [0.5, 0.6) is 11.5 Å². The molecule has 0 spiro atoms. The average molecular weight is 518 g/mol. The number of fused-ring (bicyclic) bond motifs is 1. The maximum Gasteiger partial charge on any atom is 0.363 e. The summed E-state index contributed by atoms with van der Waals surface area (Å²) >= 11 is 7.70. The minimum Gasteiger partial charge on any atom is -0.490 e. The van der Waals surface area contributed by atoms with Crippen molar-refractivity contribution in [3.8, 4) is 11.5 Å². The van der Waals surface area contributed by atoms with Crippen molar-refractivity contribution in [1.82, 2.24) is 0 Å². The topological polar surface area (TPSA) is 74.2 Å². The van der Waals surface area contributed by atoms with Crippen LogP contribution in [0, 0.1) is 6.92 Å². The lowest BCUT2D eigenvalue weighted by molar-refractivity contribution is -0.129. The fraction of sp³-hybridized carbons (Fsp3) is 0.107. The molecular formula is C28H20ClNO5S.